The van der Waals surface area contributed by atoms with Gasteiger partial charge in [0.1, 0.15) is 5.01 Å². The zero-order chi connectivity index (χ0) is 17.4. The first kappa shape index (κ1) is 21.9. The number of aliphatic imine (C=N–C) groups is 1. The maximum absolute atomic E-state index is 4.64. The monoisotopic (exact) mass is 472 g/mol. The molecule has 0 bridgehead atoms. The number of hydrogen-bond donors (Lipinski definition) is 2. The van der Waals surface area contributed by atoms with Gasteiger partial charge in [-0.1, -0.05) is 36.2 Å². The van der Waals surface area contributed by atoms with Crippen LogP contribution in [0.25, 0.3) is 0 Å². The van der Waals surface area contributed by atoms with Crippen LogP contribution in [-0.2, 0) is 19.4 Å². The predicted octanol–water partition coefficient (Wildman–Crippen LogP) is 4.24. The molecule has 0 aliphatic rings. The van der Waals surface area contributed by atoms with Crippen LogP contribution in [0.3, 0.4) is 0 Å². The first-order valence-corrected chi connectivity index (χ1v) is 9.45. The summed E-state index contributed by atoms with van der Waals surface area (Å²) in [5, 5.41) is 7.78. The van der Waals surface area contributed by atoms with E-state index in [0.717, 1.165) is 36.9 Å². The third-order valence-electron chi connectivity index (χ3n) is 3.65. The zero-order valence-electron chi connectivity index (χ0n) is 15.6. The zero-order valence-corrected chi connectivity index (χ0v) is 18.7. The summed E-state index contributed by atoms with van der Waals surface area (Å²) >= 11 is 1.74. The molecule has 4 nitrogen and oxygen atoms in total. The Morgan fingerprint density at radius 1 is 1.12 bits per heavy atom. The topological polar surface area (TPSA) is 49.3 Å². The van der Waals surface area contributed by atoms with E-state index in [1.807, 2.05) is 6.20 Å². The van der Waals surface area contributed by atoms with Gasteiger partial charge in [-0.15, -0.1) is 35.3 Å². The second-order valence-corrected chi connectivity index (χ2v) is 7.14. The molecule has 138 valence electrons. The van der Waals surface area contributed by atoms with Crippen molar-refractivity contribution in [3.8, 4) is 0 Å². The number of benzene rings is 1. The number of aryl methyl sites for hydroxylation is 3. The van der Waals surface area contributed by atoms with Gasteiger partial charge in [-0.25, -0.2) is 9.98 Å². The molecule has 0 atom stereocenters. The smallest absolute Gasteiger partial charge is 0.191 e. The van der Waals surface area contributed by atoms with E-state index in [4.69, 9.17) is 0 Å². The Labute approximate surface area is 172 Å². The summed E-state index contributed by atoms with van der Waals surface area (Å²) in [6, 6.07) is 6.71. The van der Waals surface area contributed by atoms with Crippen molar-refractivity contribution >= 4 is 41.3 Å². The van der Waals surface area contributed by atoms with Gasteiger partial charge in [0.05, 0.1) is 6.54 Å². The van der Waals surface area contributed by atoms with Gasteiger partial charge in [0.25, 0.3) is 0 Å². The minimum absolute atomic E-state index is 0. The average Bonchev–Trinajstić information content (AvgIpc) is 3.00. The molecule has 1 heterocycles. The van der Waals surface area contributed by atoms with Crippen molar-refractivity contribution in [2.24, 2.45) is 4.99 Å². The van der Waals surface area contributed by atoms with Gasteiger partial charge in [-0.3, -0.25) is 0 Å². The molecule has 1 aromatic carbocycles. The van der Waals surface area contributed by atoms with Gasteiger partial charge in [0.2, 0.25) is 0 Å². The van der Waals surface area contributed by atoms with Crippen LogP contribution in [0.2, 0.25) is 0 Å². The highest BCUT2D eigenvalue weighted by atomic mass is 127. The van der Waals surface area contributed by atoms with E-state index in [1.54, 1.807) is 11.3 Å². The lowest BCUT2D eigenvalue weighted by Crippen LogP contribution is -2.38. The number of thiazole rings is 1. The highest BCUT2D eigenvalue weighted by molar-refractivity contribution is 14.0. The number of nitrogens with one attached hydrogen (secondary N) is 2. The van der Waals surface area contributed by atoms with Crippen molar-refractivity contribution in [1.29, 1.82) is 0 Å². The lowest BCUT2D eigenvalue weighted by molar-refractivity contribution is 0.798. The Morgan fingerprint density at radius 2 is 1.84 bits per heavy atom. The summed E-state index contributed by atoms with van der Waals surface area (Å²) in [5.74, 6) is 0.857. The Morgan fingerprint density at radius 3 is 2.44 bits per heavy atom. The van der Waals surface area contributed by atoms with Crippen molar-refractivity contribution < 1.29 is 0 Å². The predicted molar refractivity (Wildman–Crippen MR) is 119 cm³/mol. The van der Waals surface area contributed by atoms with Gasteiger partial charge < -0.3 is 10.6 Å². The average molecular weight is 472 g/mol. The summed E-state index contributed by atoms with van der Waals surface area (Å²) < 4.78 is 0. The van der Waals surface area contributed by atoms with Crippen LogP contribution in [0.5, 0.6) is 0 Å². The molecule has 0 saturated carbocycles. The molecule has 2 aromatic rings. The van der Waals surface area contributed by atoms with E-state index in [1.165, 1.54) is 21.6 Å². The highest BCUT2D eigenvalue weighted by Gasteiger charge is 2.02. The maximum Gasteiger partial charge on any atom is 0.191 e. The largest absolute Gasteiger partial charge is 0.357 e. The SMILES string of the molecule is CCNC(=NCc1ncc(CC)s1)NCCc1cc(C)cc(C)c1.I. The Bertz CT molecular complexity index is 662. The second kappa shape index (κ2) is 11.5. The van der Waals surface area contributed by atoms with Gasteiger partial charge in [0.15, 0.2) is 5.96 Å². The molecule has 0 amide bonds. The van der Waals surface area contributed by atoms with Crippen LogP contribution < -0.4 is 10.6 Å². The molecule has 2 rings (SSSR count). The standard InChI is InChI=1S/C19H28N4S.HI/c1-5-17-12-22-18(24-17)13-23-19(20-6-2)21-8-7-16-10-14(3)9-15(4)11-16;/h9-12H,5-8,13H2,1-4H3,(H2,20,21,23);1H. The molecule has 0 aliphatic carbocycles. The van der Waals surface area contributed by atoms with Crippen molar-refractivity contribution in [2.45, 2.75) is 47.1 Å². The van der Waals surface area contributed by atoms with Crippen LogP contribution in [0.1, 0.15) is 40.4 Å². The normalized spacial score (nSPS) is 11.1. The molecule has 0 unspecified atom stereocenters. The van der Waals surface area contributed by atoms with Crippen LogP contribution in [0.4, 0.5) is 0 Å². The van der Waals surface area contributed by atoms with Gasteiger partial charge in [0, 0.05) is 24.2 Å². The molecule has 0 aliphatic heterocycles. The van der Waals surface area contributed by atoms with Crippen LogP contribution >= 0.6 is 35.3 Å². The molecule has 0 fully saturated rings. The molecule has 0 spiro atoms. The first-order chi connectivity index (χ1) is 11.6. The Balaban J connectivity index is 0.00000312. The quantitative estimate of drug-likeness (QED) is 0.360. The van der Waals surface area contributed by atoms with Gasteiger partial charge in [-0.2, -0.15) is 0 Å². The highest BCUT2D eigenvalue weighted by Crippen LogP contribution is 2.14. The fraction of sp³-hybridized carbons (Fsp3) is 0.474. The van der Waals surface area contributed by atoms with Crippen molar-refractivity contribution in [3.05, 3.63) is 51.0 Å². The van der Waals surface area contributed by atoms with Gasteiger partial charge in [-0.05, 0) is 39.2 Å². The van der Waals surface area contributed by atoms with Gasteiger partial charge >= 0.3 is 0 Å². The molecule has 0 saturated heterocycles. The van der Waals surface area contributed by atoms with E-state index < -0.39 is 0 Å². The van der Waals surface area contributed by atoms with E-state index in [-0.39, 0.29) is 24.0 Å². The summed E-state index contributed by atoms with van der Waals surface area (Å²) in [6.07, 6.45) is 3.98. The Hall–Kier alpha value is -1.15. The van der Waals surface area contributed by atoms with Crippen molar-refractivity contribution in [1.82, 2.24) is 15.6 Å². The number of nitrogens with zero attached hydrogens (tertiary/aromatic N) is 2. The lowest BCUT2D eigenvalue weighted by atomic mass is 10.1. The first-order valence-electron chi connectivity index (χ1n) is 8.63. The summed E-state index contributed by atoms with van der Waals surface area (Å²) in [5.41, 5.74) is 4.01. The molecule has 1 aromatic heterocycles. The van der Waals surface area contributed by atoms with Crippen LogP contribution in [0.15, 0.2) is 29.4 Å². The Kier molecular flexibility index (Phi) is 10.0. The van der Waals surface area contributed by atoms with E-state index in [0.29, 0.717) is 6.54 Å². The second-order valence-electron chi connectivity index (χ2n) is 5.94. The van der Waals surface area contributed by atoms with Crippen molar-refractivity contribution in [3.63, 3.8) is 0 Å². The minimum Gasteiger partial charge on any atom is -0.357 e. The molecule has 25 heavy (non-hydrogen) atoms. The molecular formula is C19H29IN4S. The number of halogens is 1. The summed E-state index contributed by atoms with van der Waals surface area (Å²) in [4.78, 5) is 10.4. The molecule has 2 N–H and O–H groups in total. The van der Waals surface area contributed by atoms with Crippen molar-refractivity contribution in [2.75, 3.05) is 13.1 Å². The third-order valence-corrected chi connectivity index (χ3v) is 4.78. The summed E-state index contributed by atoms with van der Waals surface area (Å²) in [6.45, 7) is 10.9. The van der Waals surface area contributed by atoms with E-state index in [2.05, 4.69) is 66.5 Å². The fourth-order valence-electron chi connectivity index (χ4n) is 2.61. The van der Waals surface area contributed by atoms with Crippen LogP contribution in [0, 0.1) is 13.8 Å². The number of aromatic nitrogens is 1. The molecule has 6 heteroatoms. The molecular weight excluding hydrogens is 443 g/mol. The van der Waals surface area contributed by atoms with E-state index >= 15 is 0 Å². The number of rotatable bonds is 7. The number of guanidine groups is 1. The third kappa shape index (κ3) is 7.73. The summed E-state index contributed by atoms with van der Waals surface area (Å²) in [7, 11) is 0. The van der Waals surface area contributed by atoms with Crippen LogP contribution in [-0.4, -0.2) is 24.0 Å². The number of hydrogen-bond acceptors (Lipinski definition) is 3. The minimum atomic E-state index is 0. The fourth-order valence-corrected chi connectivity index (χ4v) is 3.40. The molecule has 0 radical (unpaired) electrons. The van der Waals surface area contributed by atoms with E-state index in [9.17, 15) is 0 Å². The maximum atomic E-state index is 4.64. The lowest BCUT2D eigenvalue weighted by Gasteiger charge is -2.11.